The maximum Gasteiger partial charge on any atom is 0.160 e. The Balaban J connectivity index is 0.902. The summed E-state index contributed by atoms with van der Waals surface area (Å²) in [7, 11) is 0. The summed E-state index contributed by atoms with van der Waals surface area (Å²) in [6, 6.07) is 82.0. The molecule has 0 bridgehead atoms. The average molecular weight is 936 g/mol. The van der Waals surface area contributed by atoms with E-state index in [-0.39, 0.29) is 0 Å². The number of hydrogen-bond acceptors (Lipinski definition) is 2. The fraction of sp³-hybridized carbons (Fsp3) is 0.0588. The lowest BCUT2D eigenvalue weighted by molar-refractivity contribution is 1.16. The maximum atomic E-state index is 5.22. The second kappa shape index (κ2) is 16.6. The van der Waals surface area contributed by atoms with Gasteiger partial charge in [-0.3, -0.25) is 0 Å². The molecule has 0 unspecified atom stereocenters. The van der Waals surface area contributed by atoms with Gasteiger partial charge in [0.1, 0.15) is 0 Å². The van der Waals surface area contributed by atoms with Crippen LogP contribution in [0.15, 0.2) is 224 Å². The zero-order chi connectivity index (χ0) is 48.9. The van der Waals surface area contributed by atoms with Gasteiger partial charge in [-0.25, -0.2) is 9.97 Å². The van der Waals surface area contributed by atoms with Crippen LogP contribution >= 0.6 is 0 Å². The molecule has 0 spiro atoms. The third-order valence-electron chi connectivity index (χ3n) is 15.1. The van der Waals surface area contributed by atoms with E-state index in [1.165, 1.54) is 82.2 Å². The smallest absolute Gasteiger partial charge is 0.160 e. The van der Waals surface area contributed by atoms with E-state index in [2.05, 4.69) is 266 Å². The summed E-state index contributed by atoms with van der Waals surface area (Å²) in [6.07, 6.45) is 0. The van der Waals surface area contributed by atoms with Gasteiger partial charge in [-0.1, -0.05) is 151 Å². The summed E-state index contributed by atoms with van der Waals surface area (Å²) < 4.78 is 7.28. The van der Waals surface area contributed by atoms with Crippen molar-refractivity contribution in [1.82, 2.24) is 23.7 Å². The molecule has 14 aromatic rings. The largest absolute Gasteiger partial charge is 0.309 e. The molecular formula is C68H49N5. The Bertz CT molecular complexity index is 4170. The van der Waals surface area contributed by atoms with E-state index in [1.54, 1.807) is 0 Å². The average Bonchev–Trinajstić information content (AvgIpc) is 4.08. The van der Waals surface area contributed by atoms with Crippen LogP contribution in [0.2, 0.25) is 0 Å². The van der Waals surface area contributed by atoms with E-state index >= 15 is 0 Å². The van der Waals surface area contributed by atoms with E-state index in [0.29, 0.717) is 0 Å². The highest BCUT2D eigenvalue weighted by Gasteiger charge is 2.20. The molecule has 5 nitrogen and oxygen atoms in total. The van der Waals surface area contributed by atoms with Crippen molar-refractivity contribution in [3.63, 3.8) is 0 Å². The first-order valence-corrected chi connectivity index (χ1v) is 25.1. The quantitative estimate of drug-likeness (QED) is 0.160. The van der Waals surface area contributed by atoms with Crippen LogP contribution in [0.4, 0.5) is 0 Å². The first-order valence-electron chi connectivity index (χ1n) is 25.1. The van der Waals surface area contributed by atoms with Crippen molar-refractivity contribution < 1.29 is 0 Å². The standard InChI is InChI=1S/C68H49N5/c1-42-21-25-47(26-22-42)60-41-61(70-68(69-60)48-27-23-43(2)24-28-48)57-38-44(3)56(37-45(57)4)46-29-31-49(32-30-46)71-66-35-33-50(72-62-17-9-5-13-52(62)53-14-6-10-18-63(53)72)39-58(66)59-40-51(34-36-67(59)71)73-64-19-11-7-15-54(64)55-16-8-12-20-65(55)73/h5-41H,1-4H3. The fourth-order valence-corrected chi connectivity index (χ4v) is 11.4. The van der Waals surface area contributed by atoms with Crippen LogP contribution in [-0.2, 0) is 0 Å². The zero-order valence-electron chi connectivity index (χ0n) is 41.1. The Morgan fingerprint density at radius 1 is 0.274 bits per heavy atom. The first kappa shape index (κ1) is 42.5. The molecule has 10 aromatic carbocycles. The van der Waals surface area contributed by atoms with Crippen molar-refractivity contribution in [2.24, 2.45) is 0 Å². The van der Waals surface area contributed by atoms with Gasteiger partial charge in [0.2, 0.25) is 0 Å². The first-order chi connectivity index (χ1) is 35.8. The molecule has 73 heavy (non-hydrogen) atoms. The second-order valence-corrected chi connectivity index (χ2v) is 19.7. The molecule has 4 heterocycles. The third kappa shape index (κ3) is 6.92. The van der Waals surface area contributed by atoms with Crippen LogP contribution in [0.3, 0.4) is 0 Å². The van der Waals surface area contributed by atoms with Gasteiger partial charge in [0.25, 0.3) is 0 Å². The van der Waals surface area contributed by atoms with Gasteiger partial charge in [-0.15, -0.1) is 0 Å². The minimum absolute atomic E-state index is 0.723. The summed E-state index contributed by atoms with van der Waals surface area (Å²) in [6.45, 7) is 8.64. The van der Waals surface area contributed by atoms with Gasteiger partial charge in [-0.05, 0) is 135 Å². The molecular weight excluding hydrogens is 887 g/mol. The highest BCUT2D eigenvalue weighted by atomic mass is 15.0. The molecule has 0 atom stereocenters. The SMILES string of the molecule is Cc1ccc(-c2cc(-c3cc(C)c(-c4ccc(-n5c6ccc(-n7c8ccccc8c8ccccc87)cc6c6cc(-n7c8ccccc8c8ccccc87)ccc65)cc4)cc3C)nc(-c3ccc(C)cc3)n2)cc1. The van der Waals surface area contributed by atoms with Gasteiger partial charge in [0.05, 0.1) is 44.5 Å². The normalized spacial score (nSPS) is 11.8. The Hall–Kier alpha value is -9.32. The Morgan fingerprint density at radius 2 is 0.644 bits per heavy atom. The molecule has 0 fully saturated rings. The van der Waals surface area contributed by atoms with E-state index in [4.69, 9.17) is 9.97 Å². The fourth-order valence-electron chi connectivity index (χ4n) is 11.4. The monoisotopic (exact) mass is 935 g/mol. The van der Waals surface area contributed by atoms with Crippen molar-refractivity contribution in [1.29, 1.82) is 0 Å². The van der Waals surface area contributed by atoms with Crippen LogP contribution in [-0.4, -0.2) is 23.7 Å². The summed E-state index contributed by atoms with van der Waals surface area (Å²) in [4.78, 5) is 10.3. The van der Waals surface area contributed by atoms with Crippen LogP contribution < -0.4 is 0 Å². The number of aryl methyl sites for hydroxylation is 4. The van der Waals surface area contributed by atoms with Crippen molar-refractivity contribution in [3.8, 4) is 62.1 Å². The minimum Gasteiger partial charge on any atom is -0.309 e. The van der Waals surface area contributed by atoms with Crippen molar-refractivity contribution in [2.75, 3.05) is 0 Å². The number of rotatable bonds is 7. The summed E-state index contributed by atoms with van der Waals surface area (Å²) >= 11 is 0. The van der Waals surface area contributed by atoms with Crippen LogP contribution in [0.1, 0.15) is 22.3 Å². The van der Waals surface area contributed by atoms with E-state index in [9.17, 15) is 0 Å². The van der Waals surface area contributed by atoms with Crippen molar-refractivity contribution in [2.45, 2.75) is 27.7 Å². The summed E-state index contributed by atoms with van der Waals surface area (Å²) in [5, 5.41) is 7.41. The Labute approximate surface area is 423 Å². The number of fused-ring (bicyclic) bond motifs is 9. The van der Waals surface area contributed by atoms with Crippen LogP contribution in [0, 0.1) is 27.7 Å². The Morgan fingerprint density at radius 3 is 1.14 bits per heavy atom. The molecule has 0 amide bonds. The molecule has 14 rings (SSSR count). The molecule has 5 heteroatoms. The highest BCUT2D eigenvalue weighted by Crippen LogP contribution is 2.41. The molecule has 0 saturated heterocycles. The summed E-state index contributed by atoms with van der Waals surface area (Å²) in [5.74, 6) is 0.723. The minimum atomic E-state index is 0.723. The molecule has 4 aromatic heterocycles. The zero-order valence-corrected chi connectivity index (χ0v) is 41.1. The lowest BCUT2D eigenvalue weighted by atomic mass is 9.93. The molecule has 0 aliphatic rings. The number of hydrogen-bond donors (Lipinski definition) is 0. The van der Waals surface area contributed by atoms with E-state index in [0.717, 1.165) is 67.6 Å². The summed E-state index contributed by atoms with van der Waals surface area (Å²) in [5.41, 5.74) is 22.6. The lowest BCUT2D eigenvalue weighted by Gasteiger charge is -2.15. The van der Waals surface area contributed by atoms with E-state index < -0.39 is 0 Å². The molecule has 346 valence electrons. The number of para-hydroxylation sites is 4. The van der Waals surface area contributed by atoms with Gasteiger partial charge >= 0.3 is 0 Å². The predicted molar refractivity (Wildman–Crippen MR) is 306 cm³/mol. The molecule has 0 N–H and O–H groups in total. The topological polar surface area (TPSA) is 40.6 Å². The number of benzene rings is 10. The predicted octanol–water partition coefficient (Wildman–Crippen LogP) is 17.7. The van der Waals surface area contributed by atoms with E-state index in [1.807, 2.05) is 0 Å². The van der Waals surface area contributed by atoms with Gasteiger partial charge < -0.3 is 13.7 Å². The molecule has 0 aliphatic carbocycles. The third-order valence-corrected chi connectivity index (χ3v) is 15.1. The van der Waals surface area contributed by atoms with Crippen molar-refractivity contribution >= 4 is 65.4 Å². The highest BCUT2D eigenvalue weighted by molar-refractivity contribution is 6.14. The molecule has 0 aliphatic heterocycles. The second-order valence-electron chi connectivity index (χ2n) is 19.7. The molecule has 0 saturated carbocycles. The van der Waals surface area contributed by atoms with Gasteiger partial charge in [-0.2, -0.15) is 0 Å². The van der Waals surface area contributed by atoms with Crippen molar-refractivity contribution in [3.05, 3.63) is 247 Å². The van der Waals surface area contributed by atoms with Crippen LogP contribution in [0.5, 0.6) is 0 Å². The van der Waals surface area contributed by atoms with Gasteiger partial charge in [0.15, 0.2) is 5.82 Å². The number of aromatic nitrogens is 5. The van der Waals surface area contributed by atoms with Crippen LogP contribution in [0.25, 0.3) is 128 Å². The Kier molecular flexibility index (Phi) is 9.70. The molecule has 0 radical (unpaired) electrons. The maximum absolute atomic E-state index is 5.22. The van der Waals surface area contributed by atoms with Gasteiger partial charge in [0, 0.05) is 66.1 Å². The number of nitrogens with zero attached hydrogens (tertiary/aromatic N) is 5. The lowest BCUT2D eigenvalue weighted by Crippen LogP contribution is -1.98.